The number of hydrogen-bond donors (Lipinski definition) is 0. The number of carbonyl (C=O) groups excluding carboxylic acids is 2. The number of nitrogens with zero attached hydrogens (tertiary/aromatic N) is 5. The number of rotatable bonds is 4. The second-order valence-electron chi connectivity index (χ2n) is 5.73. The van der Waals surface area contributed by atoms with Gasteiger partial charge >= 0.3 is 11.9 Å². The predicted octanol–water partition coefficient (Wildman–Crippen LogP) is 1.25. The van der Waals surface area contributed by atoms with E-state index in [2.05, 4.69) is 15.3 Å². The van der Waals surface area contributed by atoms with E-state index in [0.717, 1.165) is 10.6 Å². The van der Waals surface area contributed by atoms with Crippen molar-refractivity contribution in [3.05, 3.63) is 41.9 Å². The fraction of sp³-hybridized carbons (Fsp3) is 0.235. The molecule has 0 saturated heterocycles. The van der Waals surface area contributed by atoms with Gasteiger partial charge in [-0.3, -0.25) is 0 Å². The van der Waals surface area contributed by atoms with Crippen molar-refractivity contribution in [2.75, 3.05) is 32.5 Å². The first-order valence-corrected chi connectivity index (χ1v) is 8.96. The van der Waals surface area contributed by atoms with Crippen LogP contribution >= 0.6 is 11.3 Å². The molecule has 11 heteroatoms. The SMILES string of the molecule is COC(=O)C1=C(C(=O)OC)N(c2ccc(-c3nn4cnnc4s3)cc2)COC1. The second-order valence-corrected chi connectivity index (χ2v) is 6.68. The van der Waals surface area contributed by atoms with Crippen LogP contribution in [0, 0.1) is 0 Å². The van der Waals surface area contributed by atoms with E-state index in [1.165, 1.54) is 31.9 Å². The first-order valence-electron chi connectivity index (χ1n) is 8.14. The minimum atomic E-state index is -0.638. The molecule has 2 aromatic heterocycles. The highest BCUT2D eigenvalue weighted by Crippen LogP contribution is 2.30. The van der Waals surface area contributed by atoms with Crippen LogP contribution in [0.3, 0.4) is 0 Å². The number of esters is 2. The molecule has 0 atom stereocenters. The van der Waals surface area contributed by atoms with Gasteiger partial charge in [-0.25, -0.2) is 9.59 Å². The van der Waals surface area contributed by atoms with Crippen molar-refractivity contribution >= 4 is 33.9 Å². The smallest absolute Gasteiger partial charge is 0.355 e. The highest BCUT2D eigenvalue weighted by Gasteiger charge is 2.32. The van der Waals surface area contributed by atoms with Crippen LogP contribution in [0.25, 0.3) is 15.5 Å². The van der Waals surface area contributed by atoms with Crippen LogP contribution in [0.4, 0.5) is 5.69 Å². The van der Waals surface area contributed by atoms with Crippen molar-refractivity contribution < 1.29 is 23.8 Å². The van der Waals surface area contributed by atoms with Crippen molar-refractivity contribution in [3.8, 4) is 10.6 Å². The fourth-order valence-corrected chi connectivity index (χ4v) is 3.63. The van der Waals surface area contributed by atoms with Crippen molar-refractivity contribution in [1.82, 2.24) is 19.8 Å². The number of aromatic nitrogens is 4. The summed E-state index contributed by atoms with van der Waals surface area (Å²) in [4.78, 5) is 26.7. The standard InChI is InChI=1S/C17H15N5O5S/c1-25-15(23)12-7-27-9-21(13(12)16(24)26-2)11-5-3-10(4-6-11)14-20-22-8-18-19-17(22)28-14/h3-6,8H,7,9H2,1-2H3. The van der Waals surface area contributed by atoms with E-state index in [9.17, 15) is 9.59 Å². The molecule has 0 amide bonds. The minimum absolute atomic E-state index is 0.0291. The summed E-state index contributed by atoms with van der Waals surface area (Å²) in [7, 11) is 2.51. The molecule has 4 rings (SSSR count). The summed E-state index contributed by atoms with van der Waals surface area (Å²) in [6.07, 6.45) is 1.54. The highest BCUT2D eigenvalue weighted by atomic mass is 32.1. The van der Waals surface area contributed by atoms with E-state index >= 15 is 0 Å². The maximum atomic E-state index is 12.3. The summed E-state index contributed by atoms with van der Waals surface area (Å²) in [6.45, 7) is 0.0691. The molecule has 0 spiro atoms. The van der Waals surface area contributed by atoms with Gasteiger partial charge in [0.2, 0.25) is 4.96 Å². The molecule has 0 saturated carbocycles. The molecule has 0 N–H and O–H groups in total. The van der Waals surface area contributed by atoms with Gasteiger partial charge in [0.1, 0.15) is 23.8 Å². The molecule has 0 fully saturated rings. The lowest BCUT2D eigenvalue weighted by Gasteiger charge is -2.31. The molecule has 0 bridgehead atoms. The summed E-state index contributed by atoms with van der Waals surface area (Å²) in [5.41, 5.74) is 1.76. The fourth-order valence-electron chi connectivity index (χ4n) is 2.81. The molecule has 10 nitrogen and oxygen atoms in total. The zero-order valence-corrected chi connectivity index (χ0v) is 15.8. The molecule has 1 aliphatic heterocycles. The third kappa shape index (κ3) is 3.10. The molecular weight excluding hydrogens is 386 g/mol. The van der Waals surface area contributed by atoms with Crippen molar-refractivity contribution in [1.29, 1.82) is 0 Å². The first-order chi connectivity index (χ1) is 13.6. The Labute approximate surface area is 162 Å². The maximum absolute atomic E-state index is 12.3. The van der Waals surface area contributed by atoms with Crippen LogP contribution in [-0.4, -0.2) is 59.3 Å². The van der Waals surface area contributed by atoms with E-state index in [4.69, 9.17) is 14.2 Å². The van der Waals surface area contributed by atoms with Crippen LogP contribution in [0.15, 0.2) is 41.9 Å². The molecular formula is C17H15N5O5S. The third-order valence-corrected chi connectivity index (χ3v) is 5.11. The van der Waals surface area contributed by atoms with Crippen molar-refractivity contribution in [2.45, 2.75) is 0 Å². The molecule has 0 unspecified atom stereocenters. The molecule has 144 valence electrons. The van der Waals surface area contributed by atoms with Crippen molar-refractivity contribution in [2.24, 2.45) is 0 Å². The number of carbonyl (C=O) groups is 2. The summed E-state index contributed by atoms with van der Waals surface area (Å²) in [5, 5.41) is 13.0. The van der Waals surface area contributed by atoms with Gasteiger partial charge in [-0.2, -0.15) is 9.61 Å². The second kappa shape index (κ2) is 7.37. The predicted molar refractivity (Wildman–Crippen MR) is 98.5 cm³/mol. The Balaban J connectivity index is 1.69. The van der Waals surface area contributed by atoms with Crippen LogP contribution in [0.1, 0.15) is 0 Å². The van der Waals surface area contributed by atoms with Gasteiger partial charge in [-0.15, -0.1) is 10.2 Å². The average Bonchev–Trinajstić information content (AvgIpc) is 3.34. The van der Waals surface area contributed by atoms with Gasteiger partial charge in [0, 0.05) is 11.3 Å². The largest absolute Gasteiger partial charge is 0.466 e. The van der Waals surface area contributed by atoms with Crippen LogP contribution < -0.4 is 4.90 Å². The molecule has 3 heterocycles. The number of fused-ring (bicyclic) bond motifs is 1. The number of anilines is 1. The molecule has 1 aliphatic rings. The Hall–Kier alpha value is -3.31. The molecule has 28 heavy (non-hydrogen) atoms. The number of benzene rings is 1. The Bertz CT molecular complexity index is 1040. The average molecular weight is 401 g/mol. The van der Waals surface area contributed by atoms with Gasteiger partial charge in [0.05, 0.1) is 26.4 Å². The van der Waals surface area contributed by atoms with Gasteiger partial charge in [-0.1, -0.05) is 11.3 Å². The topological polar surface area (TPSA) is 108 Å². The Morgan fingerprint density at radius 2 is 1.89 bits per heavy atom. The zero-order valence-electron chi connectivity index (χ0n) is 15.0. The summed E-state index contributed by atoms with van der Waals surface area (Å²) < 4.78 is 16.7. The molecule has 0 aliphatic carbocycles. The summed E-state index contributed by atoms with van der Waals surface area (Å²) in [6, 6.07) is 7.35. The van der Waals surface area contributed by atoms with Gasteiger partial charge in [0.15, 0.2) is 0 Å². The lowest BCUT2D eigenvalue weighted by molar-refractivity contribution is -0.140. The number of methoxy groups -OCH3 is 2. The van der Waals surface area contributed by atoms with Crippen LogP contribution in [-0.2, 0) is 23.8 Å². The van der Waals surface area contributed by atoms with Crippen LogP contribution in [0.5, 0.6) is 0 Å². The van der Waals surface area contributed by atoms with Gasteiger partial charge in [-0.05, 0) is 24.3 Å². The van der Waals surface area contributed by atoms with E-state index in [1.807, 2.05) is 24.3 Å². The molecule has 0 radical (unpaired) electrons. The third-order valence-electron chi connectivity index (χ3n) is 4.15. The van der Waals surface area contributed by atoms with Gasteiger partial charge in [0.25, 0.3) is 0 Å². The normalized spacial score (nSPS) is 14.4. The zero-order chi connectivity index (χ0) is 19.7. The highest BCUT2D eigenvalue weighted by molar-refractivity contribution is 7.19. The van der Waals surface area contributed by atoms with Crippen LogP contribution in [0.2, 0.25) is 0 Å². The summed E-state index contributed by atoms with van der Waals surface area (Å²) >= 11 is 1.41. The first kappa shape index (κ1) is 18.1. The van der Waals surface area contributed by atoms with E-state index < -0.39 is 11.9 Å². The van der Waals surface area contributed by atoms with Gasteiger partial charge < -0.3 is 19.1 Å². The van der Waals surface area contributed by atoms with E-state index in [0.29, 0.717) is 10.6 Å². The molecule has 1 aromatic carbocycles. The Morgan fingerprint density at radius 1 is 1.14 bits per heavy atom. The minimum Gasteiger partial charge on any atom is -0.466 e. The monoisotopic (exact) mass is 401 g/mol. The summed E-state index contributed by atoms with van der Waals surface area (Å²) in [5.74, 6) is -1.28. The lowest BCUT2D eigenvalue weighted by atomic mass is 10.1. The number of ether oxygens (including phenoxy) is 3. The van der Waals surface area contributed by atoms with E-state index in [-0.39, 0.29) is 24.6 Å². The number of hydrogen-bond acceptors (Lipinski definition) is 10. The maximum Gasteiger partial charge on any atom is 0.355 e. The van der Waals surface area contributed by atoms with E-state index in [1.54, 1.807) is 9.42 Å². The Kier molecular flexibility index (Phi) is 4.75. The Morgan fingerprint density at radius 3 is 2.57 bits per heavy atom. The quantitative estimate of drug-likeness (QED) is 0.597. The molecule has 3 aromatic rings. The lowest BCUT2D eigenvalue weighted by Crippen LogP contribution is -2.38. The van der Waals surface area contributed by atoms with Crippen molar-refractivity contribution in [3.63, 3.8) is 0 Å².